The topological polar surface area (TPSA) is 199 Å². The zero-order valence-electron chi connectivity index (χ0n) is 5.97. The summed E-state index contributed by atoms with van der Waals surface area (Å²) in [5, 5.41) is 44.2. The molecule has 0 aliphatic rings. The molecule has 0 spiro atoms. The van der Waals surface area contributed by atoms with E-state index in [9.17, 15) is 0 Å². The molecule has 0 aromatic heterocycles. The van der Waals surface area contributed by atoms with Crippen molar-refractivity contribution in [2.45, 2.75) is 0 Å². The molecule has 1 radical (unpaired) electrons. The summed E-state index contributed by atoms with van der Waals surface area (Å²) in [7, 11) is 0. The summed E-state index contributed by atoms with van der Waals surface area (Å²) >= 11 is 0. The third-order valence-corrected chi connectivity index (χ3v) is 0. The first-order valence-corrected chi connectivity index (χ1v) is 1.64. The van der Waals surface area contributed by atoms with Gasteiger partial charge in [0.2, 0.25) is 0 Å². The monoisotopic (exact) mass is 428 g/mol. The Balaban J connectivity index is -0.0000000270. The molecule has 0 aliphatic carbocycles. The average molecular weight is 427 g/mol. The largest absolute Gasteiger partial charge is 3.00 e. The summed E-state index contributed by atoms with van der Waals surface area (Å²) in [6, 6.07) is 0. The van der Waals surface area contributed by atoms with Crippen LogP contribution in [0.4, 0.5) is 0 Å². The Morgan fingerprint density at radius 1 is 0.571 bits per heavy atom. The maximum Gasteiger partial charge on any atom is 3.00 e. The van der Waals surface area contributed by atoms with Gasteiger partial charge in [-0.15, -0.1) is 0 Å². The molecule has 0 aliphatic heterocycles. The number of nitrogens with zero attached hydrogens (tertiary/aromatic N) is 3. The normalized spacial score (nSPS) is 5.14. The predicted molar refractivity (Wildman–Crippen MR) is 31.1 cm³/mol. The Kier molecular flexibility index (Phi) is 48.6. The standard InChI is InChI=1S/Eu.3NO3.Y/c;3*2-1(3)4;/q+3;3*-1;. The van der Waals surface area contributed by atoms with Crippen LogP contribution in [0.5, 0.6) is 0 Å². The average Bonchev–Trinajstić information content (AvgIpc) is 1.54. The van der Waals surface area contributed by atoms with E-state index in [0.717, 1.165) is 0 Å². The summed E-state index contributed by atoms with van der Waals surface area (Å²) in [6.45, 7) is 0. The van der Waals surface area contributed by atoms with Gasteiger partial charge in [-0.05, 0) is 0 Å². The molecule has 79 valence electrons. The van der Waals surface area contributed by atoms with Gasteiger partial charge >= 0.3 is 49.4 Å². The van der Waals surface area contributed by atoms with Gasteiger partial charge in [-0.2, -0.15) is 0 Å². The fourth-order valence-electron chi connectivity index (χ4n) is 0. The molecule has 14 heteroatoms. The molecule has 0 heterocycles. The van der Waals surface area contributed by atoms with Crippen LogP contribution in [-0.4, -0.2) is 15.3 Å². The van der Waals surface area contributed by atoms with Crippen molar-refractivity contribution in [3.8, 4) is 0 Å². The van der Waals surface area contributed by atoms with Gasteiger partial charge < -0.3 is 46.0 Å². The van der Waals surface area contributed by atoms with Gasteiger partial charge in [0.1, 0.15) is 0 Å². The van der Waals surface area contributed by atoms with Gasteiger partial charge in [0.05, 0.1) is 15.3 Å². The summed E-state index contributed by atoms with van der Waals surface area (Å²) in [5.41, 5.74) is 0. The molecule has 0 aromatic carbocycles. The fraction of sp³-hybridized carbons (Fsp3) is 0. The summed E-state index contributed by atoms with van der Waals surface area (Å²) in [4.78, 5) is 24.8. The van der Waals surface area contributed by atoms with Crippen LogP contribution >= 0.6 is 0 Å². The molecule has 0 saturated heterocycles. The van der Waals surface area contributed by atoms with E-state index >= 15 is 0 Å². The summed E-state index contributed by atoms with van der Waals surface area (Å²) in [6.07, 6.45) is 0. The van der Waals surface area contributed by atoms with Crippen molar-refractivity contribution in [2.24, 2.45) is 0 Å². The van der Waals surface area contributed by atoms with E-state index in [0.29, 0.717) is 0 Å². The van der Waals surface area contributed by atoms with Gasteiger partial charge in [-0.25, -0.2) is 0 Å². The second-order valence-electron chi connectivity index (χ2n) is 0.671. The molecule has 0 amide bonds. The van der Waals surface area contributed by atoms with Crippen LogP contribution in [0.2, 0.25) is 0 Å². The quantitative estimate of drug-likeness (QED) is 0.354. The molecular weight excluding hydrogens is 427 g/mol. The zero-order chi connectivity index (χ0) is 10.7. The van der Waals surface area contributed by atoms with Crippen LogP contribution in [0.15, 0.2) is 0 Å². The first-order valence-electron chi connectivity index (χ1n) is 1.64. The van der Waals surface area contributed by atoms with Gasteiger partial charge in [-0.3, -0.25) is 0 Å². The molecule has 0 saturated carbocycles. The van der Waals surface area contributed by atoms with E-state index in [4.69, 9.17) is 46.0 Å². The maximum atomic E-state index is 8.25. The van der Waals surface area contributed by atoms with Crippen molar-refractivity contribution in [1.82, 2.24) is 0 Å². The van der Waals surface area contributed by atoms with Crippen LogP contribution in [0.3, 0.4) is 0 Å². The Labute approximate surface area is 141 Å². The van der Waals surface area contributed by atoms with Crippen LogP contribution in [0.1, 0.15) is 0 Å². The van der Waals surface area contributed by atoms with Crippen molar-refractivity contribution in [2.75, 3.05) is 0 Å². The molecule has 0 aromatic rings. The molecule has 14 heavy (non-hydrogen) atoms. The van der Waals surface area contributed by atoms with E-state index in [-0.39, 0.29) is 82.1 Å². The maximum absolute atomic E-state index is 8.25. The summed E-state index contributed by atoms with van der Waals surface area (Å²) in [5.74, 6) is 0. The smallest absolute Gasteiger partial charge is 0.356 e. The number of hydrogen-bond acceptors (Lipinski definition) is 9. The van der Waals surface area contributed by atoms with E-state index in [1.165, 1.54) is 0 Å². The first kappa shape index (κ1) is 29.2. The zero-order valence-corrected chi connectivity index (χ0v) is 11.2. The Morgan fingerprint density at radius 2 is 0.571 bits per heavy atom. The number of hydrogen-bond donors (Lipinski definition) is 0. The Bertz CT molecular complexity index is 118. The molecule has 0 N–H and O–H groups in total. The van der Waals surface area contributed by atoms with Crippen LogP contribution < -0.4 is 0 Å². The van der Waals surface area contributed by atoms with E-state index < -0.39 is 15.3 Å². The minimum Gasteiger partial charge on any atom is -0.356 e. The Morgan fingerprint density at radius 3 is 0.571 bits per heavy atom. The summed E-state index contributed by atoms with van der Waals surface area (Å²) < 4.78 is 0. The van der Waals surface area contributed by atoms with E-state index in [1.54, 1.807) is 0 Å². The molecular formula is EuN3O9Y. The van der Waals surface area contributed by atoms with Gasteiger partial charge in [0, 0.05) is 32.7 Å². The van der Waals surface area contributed by atoms with Crippen molar-refractivity contribution in [1.29, 1.82) is 0 Å². The minimum absolute atomic E-state index is 0. The molecule has 12 nitrogen and oxygen atoms in total. The number of rotatable bonds is 0. The molecule has 0 rings (SSSR count). The van der Waals surface area contributed by atoms with Crippen LogP contribution in [0.25, 0.3) is 0 Å². The van der Waals surface area contributed by atoms with Crippen molar-refractivity contribution >= 4 is 0 Å². The van der Waals surface area contributed by atoms with E-state index in [2.05, 4.69) is 0 Å². The predicted octanol–water partition coefficient (Wildman–Crippen LogP) is -0.720. The fourth-order valence-corrected chi connectivity index (χ4v) is 0. The molecule has 0 unspecified atom stereocenters. The van der Waals surface area contributed by atoms with Crippen molar-refractivity contribution in [3.05, 3.63) is 46.0 Å². The van der Waals surface area contributed by atoms with Gasteiger partial charge in [0.25, 0.3) is 0 Å². The SMILES string of the molecule is O=[N+]([O-])[O-].O=[N+]([O-])[O-].O=[N+]([O-])[O-].[Eu+3].[Y]. The van der Waals surface area contributed by atoms with Crippen LogP contribution in [-0.2, 0) is 32.7 Å². The second-order valence-corrected chi connectivity index (χ2v) is 0.671. The first-order chi connectivity index (χ1) is 5.20. The van der Waals surface area contributed by atoms with Gasteiger partial charge in [0.15, 0.2) is 0 Å². The third kappa shape index (κ3) is 18800. The minimum atomic E-state index is -1.75. The van der Waals surface area contributed by atoms with E-state index in [1.807, 2.05) is 0 Å². The molecule has 0 bridgehead atoms. The second kappa shape index (κ2) is 23.3. The van der Waals surface area contributed by atoms with Crippen LogP contribution in [0, 0.1) is 95.3 Å². The van der Waals surface area contributed by atoms with Crippen molar-refractivity contribution in [3.63, 3.8) is 0 Å². The molecule has 0 fully saturated rings. The third-order valence-electron chi connectivity index (χ3n) is 0. The van der Waals surface area contributed by atoms with Gasteiger partial charge in [-0.1, -0.05) is 0 Å². The molecule has 0 atom stereocenters. The van der Waals surface area contributed by atoms with Crippen molar-refractivity contribution < 1.29 is 97.3 Å². The Hall–Kier alpha value is 0.288.